The van der Waals surface area contributed by atoms with E-state index in [1.54, 1.807) is 17.8 Å². The molecule has 0 amide bonds. The van der Waals surface area contributed by atoms with Gasteiger partial charge in [-0.05, 0) is 26.2 Å². The molecule has 1 fully saturated rings. The molecule has 0 aromatic carbocycles. The maximum absolute atomic E-state index is 10.6. The van der Waals surface area contributed by atoms with Gasteiger partial charge in [-0.25, -0.2) is 0 Å². The molecule has 2 atom stereocenters. The first-order valence-corrected chi connectivity index (χ1v) is 8.03. The lowest BCUT2D eigenvalue weighted by molar-refractivity contribution is 0.0348. The van der Waals surface area contributed by atoms with Crippen LogP contribution in [0.15, 0.2) is 12.4 Å². The zero-order chi connectivity index (χ0) is 16.4. The number of rotatable bonds is 6. The maximum Gasteiger partial charge on any atom is 0.229 e. The molecule has 2 aromatic rings. The van der Waals surface area contributed by atoms with Gasteiger partial charge in [0.1, 0.15) is 5.60 Å². The second-order valence-electron chi connectivity index (χ2n) is 6.25. The fraction of sp³-hybridized carbons (Fsp3) is 0.667. The number of nitrogens with one attached hydrogen (secondary N) is 1. The third-order valence-electron chi connectivity index (χ3n) is 4.29. The lowest BCUT2D eigenvalue weighted by Gasteiger charge is -2.23. The quantitative estimate of drug-likeness (QED) is 0.839. The van der Waals surface area contributed by atoms with Crippen LogP contribution < -0.4 is 5.32 Å². The van der Waals surface area contributed by atoms with Crippen molar-refractivity contribution in [1.82, 2.24) is 24.5 Å². The standard InChI is InChI=1S/C15H24N6O2/c1-4-15(2,22)13-18-19-14(17-11-8-16-20(3)9-11)21(13)10-12-6-5-7-23-12/h8-9,12,22H,4-7,10H2,1-3H3,(H,17,19). The van der Waals surface area contributed by atoms with Gasteiger partial charge in [-0.15, -0.1) is 10.2 Å². The monoisotopic (exact) mass is 320 g/mol. The molecule has 0 bridgehead atoms. The van der Waals surface area contributed by atoms with Crippen LogP contribution in [0.3, 0.4) is 0 Å². The lowest BCUT2D eigenvalue weighted by atomic mass is 10.0. The van der Waals surface area contributed by atoms with E-state index in [0.717, 1.165) is 25.1 Å². The summed E-state index contributed by atoms with van der Waals surface area (Å²) in [6, 6.07) is 0. The Morgan fingerprint density at radius 1 is 1.48 bits per heavy atom. The Balaban J connectivity index is 1.91. The molecule has 2 aromatic heterocycles. The van der Waals surface area contributed by atoms with Crippen LogP contribution in [0.2, 0.25) is 0 Å². The van der Waals surface area contributed by atoms with Crippen molar-refractivity contribution in [2.24, 2.45) is 7.05 Å². The average molecular weight is 320 g/mol. The molecule has 1 aliphatic rings. The summed E-state index contributed by atoms with van der Waals surface area (Å²) in [5.41, 5.74) is -0.198. The average Bonchev–Trinajstić information content (AvgIpc) is 3.23. The van der Waals surface area contributed by atoms with E-state index in [4.69, 9.17) is 4.74 Å². The van der Waals surface area contributed by atoms with Gasteiger partial charge < -0.3 is 15.2 Å². The summed E-state index contributed by atoms with van der Waals surface area (Å²) >= 11 is 0. The van der Waals surface area contributed by atoms with Crippen LogP contribution in [0.25, 0.3) is 0 Å². The Labute approximate surface area is 135 Å². The third-order valence-corrected chi connectivity index (χ3v) is 4.29. The minimum absolute atomic E-state index is 0.131. The highest BCUT2D eigenvalue weighted by molar-refractivity contribution is 5.50. The first-order chi connectivity index (χ1) is 11.0. The van der Waals surface area contributed by atoms with Crippen LogP contribution in [0.4, 0.5) is 11.6 Å². The number of anilines is 2. The Morgan fingerprint density at radius 2 is 2.30 bits per heavy atom. The summed E-state index contributed by atoms with van der Waals surface area (Å²) in [5.74, 6) is 1.15. The molecule has 1 saturated heterocycles. The molecule has 23 heavy (non-hydrogen) atoms. The number of hydrogen-bond donors (Lipinski definition) is 2. The molecular formula is C15H24N6O2. The van der Waals surface area contributed by atoms with Gasteiger partial charge in [0.2, 0.25) is 5.95 Å². The van der Waals surface area contributed by atoms with Crippen molar-refractivity contribution in [3.8, 4) is 0 Å². The number of aromatic nitrogens is 5. The number of aliphatic hydroxyl groups is 1. The van der Waals surface area contributed by atoms with Crippen LogP contribution in [-0.4, -0.2) is 42.4 Å². The summed E-state index contributed by atoms with van der Waals surface area (Å²) in [4.78, 5) is 0. The predicted molar refractivity (Wildman–Crippen MR) is 85.3 cm³/mol. The van der Waals surface area contributed by atoms with Gasteiger partial charge in [0.15, 0.2) is 5.82 Å². The Kier molecular flexibility index (Phi) is 4.36. The van der Waals surface area contributed by atoms with E-state index < -0.39 is 5.60 Å². The molecule has 8 heteroatoms. The molecule has 2 N–H and O–H groups in total. The van der Waals surface area contributed by atoms with E-state index in [1.807, 2.05) is 24.7 Å². The minimum atomic E-state index is -1.03. The number of aryl methyl sites for hydroxylation is 1. The highest BCUT2D eigenvalue weighted by atomic mass is 16.5. The summed E-state index contributed by atoms with van der Waals surface area (Å²) in [6.07, 6.45) is 6.36. The molecule has 0 spiro atoms. The van der Waals surface area contributed by atoms with E-state index in [2.05, 4.69) is 20.6 Å². The van der Waals surface area contributed by atoms with E-state index in [-0.39, 0.29) is 6.10 Å². The van der Waals surface area contributed by atoms with Crippen LogP contribution >= 0.6 is 0 Å². The van der Waals surface area contributed by atoms with Gasteiger partial charge in [0, 0.05) is 19.9 Å². The molecular weight excluding hydrogens is 296 g/mol. The van der Waals surface area contributed by atoms with Gasteiger partial charge in [0.25, 0.3) is 0 Å². The minimum Gasteiger partial charge on any atom is -0.382 e. The van der Waals surface area contributed by atoms with Crippen LogP contribution in [0.1, 0.15) is 38.9 Å². The zero-order valence-electron chi connectivity index (χ0n) is 13.9. The second kappa shape index (κ2) is 6.29. The molecule has 2 unspecified atom stereocenters. The highest BCUT2D eigenvalue weighted by Gasteiger charge is 2.31. The van der Waals surface area contributed by atoms with Crippen molar-refractivity contribution >= 4 is 11.6 Å². The molecule has 126 valence electrons. The Hall–Kier alpha value is -1.93. The van der Waals surface area contributed by atoms with E-state index in [1.165, 1.54) is 0 Å². The summed E-state index contributed by atoms with van der Waals surface area (Å²) in [7, 11) is 1.86. The third kappa shape index (κ3) is 3.37. The molecule has 0 saturated carbocycles. The topological polar surface area (TPSA) is 90.0 Å². The fourth-order valence-electron chi connectivity index (χ4n) is 2.73. The largest absolute Gasteiger partial charge is 0.382 e. The first-order valence-electron chi connectivity index (χ1n) is 8.03. The fourth-order valence-corrected chi connectivity index (χ4v) is 2.73. The molecule has 0 aliphatic carbocycles. The van der Waals surface area contributed by atoms with Crippen molar-refractivity contribution < 1.29 is 9.84 Å². The van der Waals surface area contributed by atoms with Crippen molar-refractivity contribution in [1.29, 1.82) is 0 Å². The van der Waals surface area contributed by atoms with Crippen molar-refractivity contribution in [3.63, 3.8) is 0 Å². The van der Waals surface area contributed by atoms with Crippen LogP contribution in [0, 0.1) is 0 Å². The van der Waals surface area contributed by atoms with Gasteiger partial charge >= 0.3 is 0 Å². The van der Waals surface area contributed by atoms with Gasteiger partial charge in [0.05, 0.1) is 24.5 Å². The normalized spacial score (nSPS) is 20.6. The van der Waals surface area contributed by atoms with Gasteiger partial charge in [-0.1, -0.05) is 6.92 Å². The van der Waals surface area contributed by atoms with Crippen molar-refractivity contribution in [3.05, 3.63) is 18.2 Å². The van der Waals surface area contributed by atoms with Crippen LogP contribution in [0.5, 0.6) is 0 Å². The summed E-state index contributed by atoms with van der Waals surface area (Å²) in [6.45, 7) is 5.11. The molecule has 8 nitrogen and oxygen atoms in total. The summed E-state index contributed by atoms with van der Waals surface area (Å²) < 4.78 is 9.37. The number of ether oxygens (including phenoxy) is 1. The van der Waals surface area contributed by atoms with Gasteiger partial charge in [-0.2, -0.15) is 5.10 Å². The van der Waals surface area contributed by atoms with E-state index >= 15 is 0 Å². The second-order valence-corrected chi connectivity index (χ2v) is 6.25. The number of hydrogen-bond acceptors (Lipinski definition) is 6. The van der Waals surface area contributed by atoms with E-state index in [9.17, 15) is 5.11 Å². The molecule has 3 heterocycles. The van der Waals surface area contributed by atoms with Crippen molar-refractivity contribution in [2.75, 3.05) is 11.9 Å². The van der Waals surface area contributed by atoms with Crippen molar-refractivity contribution in [2.45, 2.75) is 51.4 Å². The first kappa shape index (κ1) is 15.9. The maximum atomic E-state index is 10.6. The van der Waals surface area contributed by atoms with E-state index in [0.29, 0.717) is 24.7 Å². The van der Waals surface area contributed by atoms with Gasteiger partial charge in [-0.3, -0.25) is 9.25 Å². The lowest BCUT2D eigenvalue weighted by Crippen LogP contribution is -2.28. The SMILES string of the molecule is CCC(C)(O)c1nnc(Nc2cnn(C)c2)n1CC1CCCO1. The number of nitrogens with zero attached hydrogens (tertiary/aromatic N) is 5. The van der Waals surface area contributed by atoms with Crippen LogP contribution in [-0.2, 0) is 23.9 Å². The smallest absolute Gasteiger partial charge is 0.229 e. The molecule has 3 rings (SSSR count). The Bertz CT molecular complexity index is 657. The molecule has 1 aliphatic heterocycles. The predicted octanol–water partition coefficient (Wildman–Crippen LogP) is 1.55. The summed E-state index contributed by atoms with van der Waals surface area (Å²) in [5, 5.41) is 26.4. The Morgan fingerprint density at radius 3 is 2.91 bits per heavy atom. The zero-order valence-corrected chi connectivity index (χ0v) is 13.9. The molecule has 0 radical (unpaired) electrons. The highest BCUT2D eigenvalue weighted by Crippen LogP contribution is 2.27.